The van der Waals surface area contributed by atoms with Crippen LogP contribution in [0.1, 0.15) is 53.1 Å². The van der Waals surface area contributed by atoms with E-state index in [0.29, 0.717) is 18.6 Å². The van der Waals surface area contributed by atoms with Crippen molar-refractivity contribution in [3.63, 3.8) is 0 Å². The van der Waals surface area contributed by atoms with Gasteiger partial charge in [0.05, 0.1) is 0 Å². The quantitative estimate of drug-likeness (QED) is 0.554. The van der Waals surface area contributed by atoms with Crippen LogP contribution in [0.15, 0.2) is 71.1 Å². The average molecular weight is 435 g/mol. The van der Waals surface area contributed by atoms with Crippen LogP contribution in [0, 0.1) is 5.82 Å². The molecule has 1 heterocycles. The van der Waals surface area contributed by atoms with Gasteiger partial charge in [0.25, 0.3) is 5.91 Å². The molecule has 0 bridgehead atoms. The van der Waals surface area contributed by atoms with Crippen molar-refractivity contribution < 1.29 is 13.6 Å². The first-order chi connectivity index (χ1) is 15.4. The van der Waals surface area contributed by atoms with E-state index in [1.54, 1.807) is 12.1 Å². The monoisotopic (exact) mass is 434 g/mol. The second-order valence-corrected chi connectivity index (χ2v) is 9.06. The standard InChI is InChI=1S/C27H31FN2O2/c1-30(2)27(19-21-10-6-7-11-24(21)28)16-14-22(15-17-27)29-26(31)25-13-12-23(32-25)18-20-8-4-3-5-9-20/h3-13,22H,14-19H2,1-2H3,(H,29,31). The van der Waals surface area contributed by atoms with Gasteiger partial charge in [-0.3, -0.25) is 4.79 Å². The van der Waals surface area contributed by atoms with Crippen LogP contribution in [0.3, 0.4) is 0 Å². The van der Waals surface area contributed by atoms with Gasteiger partial charge < -0.3 is 14.6 Å². The molecule has 0 spiro atoms. The molecule has 0 atom stereocenters. The maximum absolute atomic E-state index is 14.3. The smallest absolute Gasteiger partial charge is 0.287 e. The predicted molar refractivity (Wildman–Crippen MR) is 124 cm³/mol. The zero-order valence-corrected chi connectivity index (χ0v) is 18.8. The highest BCUT2D eigenvalue weighted by molar-refractivity contribution is 5.91. The van der Waals surface area contributed by atoms with Crippen molar-refractivity contribution in [1.29, 1.82) is 0 Å². The second-order valence-electron chi connectivity index (χ2n) is 9.06. The molecule has 0 radical (unpaired) electrons. The Kier molecular flexibility index (Phi) is 6.75. The molecular formula is C27H31FN2O2. The molecule has 0 saturated heterocycles. The zero-order chi connectivity index (χ0) is 22.6. The van der Waals surface area contributed by atoms with Crippen LogP contribution >= 0.6 is 0 Å². The van der Waals surface area contributed by atoms with Gasteiger partial charge in [-0.25, -0.2) is 4.39 Å². The Labute approximate surface area is 189 Å². The minimum Gasteiger partial charge on any atom is -0.456 e. The van der Waals surface area contributed by atoms with Crippen molar-refractivity contribution in [3.05, 3.63) is 95.2 Å². The topological polar surface area (TPSA) is 45.5 Å². The molecule has 4 nitrogen and oxygen atoms in total. The first kappa shape index (κ1) is 22.3. The number of benzene rings is 2. The summed E-state index contributed by atoms with van der Waals surface area (Å²) in [5.74, 6) is 0.822. The molecule has 168 valence electrons. The van der Waals surface area contributed by atoms with E-state index < -0.39 is 0 Å². The summed E-state index contributed by atoms with van der Waals surface area (Å²) in [4.78, 5) is 15.0. The van der Waals surface area contributed by atoms with Crippen LogP contribution < -0.4 is 5.32 Å². The average Bonchev–Trinajstić information content (AvgIpc) is 3.26. The number of nitrogens with one attached hydrogen (secondary N) is 1. The molecule has 1 aliphatic rings. The maximum Gasteiger partial charge on any atom is 0.287 e. The molecule has 2 aromatic carbocycles. The van der Waals surface area contributed by atoms with Gasteiger partial charge in [-0.1, -0.05) is 48.5 Å². The van der Waals surface area contributed by atoms with E-state index in [9.17, 15) is 9.18 Å². The second kappa shape index (κ2) is 9.70. The normalized spacial score (nSPS) is 20.9. The van der Waals surface area contributed by atoms with Gasteiger partial charge in [-0.2, -0.15) is 0 Å². The lowest BCUT2D eigenvalue weighted by molar-refractivity contribution is 0.0749. The molecule has 0 unspecified atom stereocenters. The number of hydrogen-bond acceptors (Lipinski definition) is 3. The van der Waals surface area contributed by atoms with E-state index in [-0.39, 0.29) is 23.3 Å². The van der Waals surface area contributed by atoms with Crippen molar-refractivity contribution in [2.45, 2.75) is 50.1 Å². The van der Waals surface area contributed by atoms with Gasteiger partial charge in [0.15, 0.2) is 5.76 Å². The van der Waals surface area contributed by atoms with Crippen LogP contribution in [0.4, 0.5) is 4.39 Å². The lowest BCUT2D eigenvalue weighted by atomic mass is 9.74. The maximum atomic E-state index is 14.3. The Morgan fingerprint density at radius 1 is 1.03 bits per heavy atom. The van der Waals surface area contributed by atoms with E-state index in [2.05, 4.69) is 24.3 Å². The van der Waals surface area contributed by atoms with Gasteiger partial charge in [0.1, 0.15) is 11.6 Å². The van der Waals surface area contributed by atoms with Crippen LogP contribution in [0.5, 0.6) is 0 Å². The Morgan fingerprint density at radius 3 is 2.41 bits per heavy atom. The molecule has 32 heavy (non-hydrogen) atoms. The molecule has 1 fully saturated rings. The van der Waals surface area contributed by atoms with Crippen LogP contribution in [-0.4, -0.2) is 36.5 Å². The minimum absolute atomic E-state index is 0.0962. The van der Waals surface area contributed by atoms with Gasteiger partial charge in [0.2, 0.25) is 0 Å². The minimum atomic E-state index is -0.166. The van der Waals surface area contributed by atoms with Crippen molar-refractivity contribution in [3.8, 4) is 0 Å². The summed E-state index contributed by atoms with van der Waals surface area (Å²) in [6.07, 6.45) is 4.85. The molecule has 0 aliphatic heterocycles. The van der Waals surface area contributed by atoms with Crippen LogP contribution in [-0.2, 0) is 12.8 Å². The zero-order valence-electron chi connectivity index (χ0n) is 18.8. The number of carbonyl (C=O) groups is 1. The third-order valence-corrected chi connectivity index (χ3v) is 6.78. The number of hydrogen-bond donors (Lipinski definition) is 1. The lowest BCUT2D eigenvalue weighted by Gasteiger charge is -2.45. The van der Waals surface area contributed by atoms with Gasteiger partial charge in [-0.15, -0.1) is 0 Å². The number of halogens is 1. The van der Waals surface area contributed by atoms with Crippen molar-refractivity contribution in [1.82, 2.24) is 10.2 Å². The van der Waals surface area contributed by atoms with Crippen molar-refractivity contribution >= 4 is 5.91 Å². The van der Waals surface area contributed by atoms with Gasteiger partial charge >= 0.3 is 0 Å². The lowest BCUT2D eigenvalue weighted by Crippen LogP contribution is -2.52. The Balaban J connectivity index is 1.35. The van der Waals surface area contributed by atoms with Crippen LogP contribution in [0.2, 0.25) is 0 Å². The Bertz CT molecular complexity index is 1040. The summed E-state index contributed by atoms with van der Waals surface area (Å²) in [6, 6.07) is 20.8. The number of rotatable bonds is 7. The third kappa shape index (κ3) is 5.10. The highest BCUT2D eigenvalue weighted by atomic mass is 19.1. The van der Waals surface area contributed by atoms with Crippen molar-refractivity contribution in [2.24, 2.45) is 0 Å². The summed E-state index contributed by atoms with van der Waals surface area (Å²) in [7, 11) is 4.13. The fourth-order valence-electron chi connectivity index (χ4n) is 4.73. The Morgan fingerprint density at radius 2 is 1.72 bits per heavy atom. The summed E-state index contributed by atoms with van der Waals surface area (Å²) in [5.41, 5.74) is 1.80. The number of likely N-dealkylation sites (N-methyl/N-ethyl adjacent to an activating group) is 1. The van der Waals surface area contributed by atoms with E-state index >= 15 is 0 Å². The van der Waals surface area contributed by atoms with Gasteiger partial charge in [0, 0.05) is 18.0 Å². The third-order valence-electron chi connectivity index (χ3n) is 6.78. The van der Waals surface area contributed by atoms with E-state index in [1.165, 1.54) is 6.07 Å². The molecule has 5 heteroatoms. The summed E-state index contributed by atoms with van der Waals surface area (Å²) < 4.78 is 20.1. The highest BCUT2D eigenvalue weighted by Crippen LogP contribution is 2.36. The summed E-state index contributed by atoms with van der Waals surface area (Å²) in [6.45, 7) is 0. The van der Waals surface area contributed by atoms with Gasteiger partial charge in [-0.05, 0) is 75.5 Å². The first-order valence-corrected chi connectivity index (χ1v) is 11.3. The summed E-state index contributed by atoms with van der Waals surface area (Å²) in [5, 5.41) is 3.14. The number of carbonyl (C=O) groups excluding carboxylic acids is 1. The fraction of sp³-hybridized carbons (Fsp3) is 0.370. The molecule has 1 saturated carbocycles. The number of nitrogens with zero attached hydrogens (tertiary/aromatic N) is 1. The van der Waals surface area contributed by atoms with Crippen LogP contribution in [0.25, 0.3) is 0 Å². The Hall–Kier alpha value is -2.92. The fourth-order valence-corrected chi connectivity index (χ4v) is 4.73. The number of amides is 1. The first-order valence-electron chi connectivity index (χ1n) is 11.3. The SMILES string of the molecule is CN(C)C1(Cc2ccccc2F)CCC(NC(=O)c2ccc(Cc3ccccc3)o2)CC1. The predicted octanol–water partition coefficient (Wildman–Crippen LogP) is 5.23. The van der Waals surface area contributed by atoms with E-state index in [0.717, 1.165) is 42.6 Å². The summed E-state index contributed by atoms with van der Waals surface area (Å²) >= 11 is 0. The number of furan rings is 1. The largest absolute Gasteiger partial charge is 0.456 e. The molecular weight excluding hydrogens is 403 g/mol. The molecule has 1 aliphatic carbocycles. The molecule has 4 rings (SSSR count). The van der Waals surface area contributed by atoms with E-state index in [4.69, 9.17) is 4.42 Å². The molecule has 1 aromatic heterocycles. The molecule has 3 aromatic rings. The van der Waals surface area contributed by atoms with Crippen molar-refractivity contribution in [2.75, 3.05) is 14.1 Å². The van der Waals surface area contributed by atoms with E-state index in [1.807, 2.05) is 48.5 Å². The highest BCUT2D eigenvalue weighted by Gasteiger charge is 2.38. The molecule has 1 N–H and O–H groups in total. The molecule has 1 amide bonds.